The monoisotopic (exact) mass is 368 g/mol. The van der Waals surface area contributed by atoms with Gasteiger partial charge in [0.2, 0.25) is 0 Å². The first-order chi connectivity index (χ1) is 13.0. The van der Waals surface area contributed by atoms with Crippen molar-refractivity contribution in [1.82, 2.24) is 20.0 Å². The summed E-state index contributed by atoms with van der Waals surface area (Å²) in [6, 6.07) is 8.29. The van der Waals surface area contributed by atoms with Gasteiger partial charge in [0.15, 0.2) is 0 Å². The van der Waals surface area contributed by atoms with Crippen LogP contribution in [0.15, 0.2) is 30.5 Å². The van der Waals surface area contributed by atoms with Gasteiger partial charge in [0.05, 0.1) is 23.1 Å². The molecule has 0 unspecified atom stereocenters. The fraction of sp³-hybridized carbons (Fsp3) is 0.545. The Labute approximate surface area is 162 Å². The van der Waals surface area contributed by atoms with Gasteiger partial charge in [0.25, 0.3) is 5.91 Å². The third-order valence-corrected chi connectivity index (χ3v) is 5.57. The number of carbonyl (C=O) groups is 1. The third-order valence-electron chi connectivity index (χ3n) is 5.57. The molecular formula is C22H32N4O. The van der Waals surface area contributed by atoms with Crippen LogP contribution in [-0.2, 0) is 0 Å². The summed E-state index contributed by atoms with van der Waals surface area (Å²) in [6.45, 7) is 9.08. The standard InChI is InChI=1S/C22H32N4O/c1-16(2)21-20(15-24-26(21)19-7-5-17(3)6-8-19)22(27)25-13-10-18(11-14-25)9-12-23-4/h5-8,15-16,18,23H,9-14H2,1-4H3. The summed E-state index contributed by atoms with van der Waals surface area (Å²) >= 11 is 0. The highest BCUT2D eigenvalue weighted by Crippen LogP contribution is 2.27. The zero-order chi connectivity index (χ0) is 19.4. The molecule has 1 amide bonds. The minimum absolute atomic E-state index is 0.129. The minimum atomic E-state index is 0.129. The van der Waals surface area contributed by atoms with Crippen LogP contribution >= 0.6 is 0 Å². The molecular weight excluding hydrogens is 336 g/mol. The number of hydrogen-bond donors (Lipinski definition) is 1. The van der Waals surface area contributed by atoms with Crippen LogP contribution in [0.5, 0.6) is 0 Å². The Kier molecular flexibility index (Phi) is 6.32. The summed E-state index contributed by atoms with van der Waals surface area (Å²) in [4.78, 5) is 15.2. The van der Waals surface area contributed by atoms with Crippen LogP contribution < -0.4 is 5.32 Å². The van der Waals surface area contributed by atoms with Crippen molar-refractivity contribution in [1.29, 1.82) is 0 Å². The largest absolute Gasteiger partial charge is 0.339 e. The fourth-order valence-electron chi connectivity index (χ4n) is 3.91. The first-order valence-corrected chi connectivity index (χ1v) is 10.1. The van der Waals surface area contributed by atoms with E-state index in [-0.39, 0.29) is 11.8 Å². The maximum atomic E-state index is 13.2. The van der Waals surface area contributed by atoms with E-state index in [1.54, 1.807) is 6.20 Å². The van der Waals surface area contributed by atoms with Crippen LogP contribution in [0.4, 0.5) is 0 Å². The summed E-state index contributed by atoms with van der Waals surface area (Å²) in [7, 11) is 2.00. The van der Waals surface area contributed by atoms with E-state index in [1.807, 2.05) is 16.6 Å². The Hall–Kier alpha value is -2.14. The third kappa shape index (κ3) is 4.41. The average molecular weight is 369 g/mol. The molecule has 1 N–H and O–H groups in total. The number of nitrogens with one attached hydrogen (secondary N) is 1. The maximum Gasteiger partial charge on any atom is 0.257 e. The number of nitrogens with zero attached hydrogens (tertiary/aromatic N) is 3. The van der Waals surface area contributed by atoms with Crippen molar-refractivity contribution in [2.45, 2.75) is 46.0 Å². The Morgan fingerprint density at radius 2 is 1.89 bits per heavy atom. The zero-order valence-electron chi connectivity index (χ0n) is 17.0. The molecule has 0 radical (unpaired) electrons. The molecule has 2 aromatic rings. The molecule has 0 aliphatic carbocycles. The van der Waals surface area contributed by atoms with Gasteiger partial charge in [0.1, 0.15) is 0 Å². The van der Waals surface area contributed by atoms with Crippen LogP contribution in [0.25, 0.3) is 5.69 Å². The van der Waals surface area contributed by atoms with Crippen molar-refractivity contribution in [3.05, 3.63) is 47.3 Å². The molecule has 1 saturated heterocycles. The molecule has 1 aromatic carbocycles. The predicted molar refractivity (Wildman–Crippen MR) is 110 cm³/mol. The van der Waals surface area contributed by atoms with E-state index in [9.17, 15) is 4.79 Å². The lowest BCUT2D eigenvalue weighted by Gasteiger charge is -2.32. The summed E-state index contributed by atoms with van der Waals surface area (Å²) in [5.74, 6) is 1.08. The van der Waals surface area contributed by atoms with Gasteiger partial charge in [-0.3, -0.25) is 4.79 Å². The maximum absolute atomic E-state index is 13.2. The predicted octanol–water partition coefficient (Wildman–Crippen LogP) is 3.77. The van der Waals surface area contributed by atoms with E-state index in [0.29, 0.717) is 0 Å². The van der Waals surface area contributed by atoms with Gasteiger partial charge >= 0.3 is 0 Å². The molecule has 1 aromatic heterocycles. The van der Waals surface area contributed by atoms with Gasteiger partial charge in [-0.15, -0.1) is 0 Å². The van der Waals surface area contributed by atoms with Gasteiger partial charge in [-0.2, -0.15) is 5.10 Å². The van der Waals surface area contributed by atoms with E-state index in [0.717, 1.165) is 55.3 Å². The van der Waals surface area contributed by atoms with Crippen molar-refractivity contribution in [3.8, 4) is 5.69 Å². The number of likely N-dealkylation sites (tertiary alicyclic amines) is 1. The van der Waals surface area contributed by atoms with Crippen molar-refractivity contribution >= 4 is 5.91 Å². The number of aryl methyl sites for hydroxylation is 1. The van der Waals surface area contributed by atoms with E-state index >= 15 is 0 Å². The van der Waals surface area contributed by atoms with Crippen LogP contribution in [0, 0.1) is 12.8 Å². The zero-order valence-corrected chi connectivity index (χ0v) is 17.0. The first-order valence-electron chi connectivity index (χ1n) is 10.1. The number of benzene rings is 1. The van der Waals surface area contributed by atoms with Crippen molar-refractivity contribution in [2.24, 2.45) is 5.92 Å². The molecule has 1 aliphatic rings. The Balaban J connectivity index is 1.78. The minimum Gasteiger partial charge on any atom is -0.339 e. The number of hydrogen-bond acceptors (Lipinski definition) is 3. The molecule has 1 aliphatic heterocycles. The highest BCUT2D eigenvalue weighted by atomic mass is 16.2. The topological polar surface area (TPSA) is 50.2 Å². The van der Waals surface area contributed by atoms with Crippen LogP contribution in [-0.4, -0.2) is 47.3 Å². The highest BCUT2D eigenvalue weighted by Gasteiger charge is 2.28. The second-order valence-corrected chi connectivity index (χ2v) is 7.97. The number of carbonyl (C=O) groups excluding carboxylic acids is 1. The SMILES string of the molecule is CNCCC1CCN(C(=O)c2cnn(-c3ccc(C)cc3)c2C(C)C)CC1. The Bertz CT molecular complexity index is 755. The van der Waals surface area contributed by atoms with Gasteiger partial charge < -0.3 is 10.2 Å². The molecule has 5 heteroatoms. The molecule has 2 heterocycles. The van der Waals surface area contributed by atoms with Crippen LogP contribution in [0.1, 0.15) is 60.6 Å². The van der Waals surface area contributed by atoms with Crippen LogP contribution in [0.3, 0.4) is 0 Å². The quantitative estimate of drug-likeness (QED) is 0.844. The molecule has 5 nitrogen and oxygen atoms in total. The lowest BCUT2D eigenvalue weighted by atomic mass is 9.93. The number of rotatable bonds is 6. The summed E-state index contributed by atoms with van der Waals surface area (Å²) in [5, 5.41) is 7.79. The Morgan fingerprint density at radius 3 is 2.48 bits per heavy atom. The molecule has 146 valence electrons. The van der Waals surface area contributed by atoms with E-state index < -0.39 is 0 Å². The van der Waals surface area contributed by atoms with E-state index in [4.69, 9.17) is 0 Å². The number of piperidine rings is 1. The molecule has 0 saturated carbocycles. The molecule has 0 bridgehead atoms. The molecule has 0 atom stereocenters. The summed E-state index contributed by atoms with van der Waals surface area (Å²) < 4.78 is 1.93. The fourth-order valence-corrected chi connectivity index (χ4v) is 3.91. The van der Waals surface area contributed by atoms with Crippen molar-refractivity contribution in [2.75, 3.05) is 26.7 Å². The van der Waals surface area contributed by atoms with Gasteiger partial charge in [-0.25, -0.2) is 4.68 Å². The molecule has 3 rings (SSSR count). The summed E-state index contributed by atoms with van der Waals surface area (Å²) in [5.41, 5.74) is 3.98. The highest BCUT2D eigenvalue weighted by molar-refractivity contribution is 5.95. The van der Waals surface area contributed by atoms with Crippen LogP contribution in [0.2, 0.25) is 0 Å². The smallest absolute Gasteiger partial charge is 0.257 e. The number of aromatic nitrogens is 2. The lowest BCUT2D eigenvalue weighted by Crippen LogP contribution is -2.39. The van der Waals surface area contributed by atoms with E-state index in [2.05, 4.69) is 55.5 Å². The van der Waals surface area contributed by atoms with Gasteiger partial charge in [-0.05, 0) is 63.7 Å². The average Bonchev–Trinajstić information content (AvgIpc) is 3.12. The lowest BCUT2D eigenvalue weighted by molar-refractivity contribution is 0.0685. The first kappa shape index (κ1) is 19.6. The van der Waals surface area contributed by atoms with Crippen molar-refractivity contribution in [3.63, 3.8) is 0 Å². The normalized spacial score (nSPS) is 15.5. The van der Waals surface area contributed by atoms with Gasteiger partial charge in [0, 0.05) is 13.1 Å². The molecule has 27 heavy (non-hydrogen) atoms. The Morgan fingerprint density at radius 1 is 1.22 bits per heavy atom. The summed E-state index contributed by atoms with van der Waals surface area (Å²) in [6.07, 6.45) is 5.14. The van der Waals surface area contributed by atoms with Gasteiger partial charge in [-0.1, -0.05) is 31.5 Å². The molecule has 1 fully saturated rings. The van der Waals surface area contributed by atoms with Crippen molar-refractivity contribution < 1.29 is 4.79 Å². The second kappa shape index (κ2) is 8.70. The van der Waals surface area contributed by atoms with E-state index in [1.165, 1.54) is 12.0 Å². The number of amides is 1. The molecule has 0 spiro atoms. The second-order valence-electron chi connectivity index (χ2n) is 7.97.